The Labute approximate surface area is 111 Å². The number of rotatable bonds is 2. The molecule has 2 aromatic rings. The molecule has 0 saturated carbocycles. The summed E-state index contributed by atoms with van der Waals surface area (Å²) < 4.78 is 0.193. The standard InChI is InChI=1S/C11H10IN3O2/c1-2-6-5-13-4-3-7(6)9-14-10(16)8(12)11(17)15-9/h3-5H,2H2,1H3,(H2,14,15,16,17). The van der Waals surface area contributed by atoms with Crippen LogP contribution >= 0.6 is 22.6 Å². The molecule has 0 spiro atoms. The van der Waals surface area contributed by atoms with Crippen molar-refractivity contribution in [3.05, 3.63) is 37.9 Å². The number of aromatic hydroxyl groups is 1. The summed E-state index contributed by atoms with van der Waals surface area (Å²) in [5, 5.41) is 9.55. The maximum atomic E-state index is 11.6. The molecule has 0 aromatic carbocycles. The minimum Gasteiger partial charge on any atom is -0.492 e. The van der Waals surface area contributed by atoms with E-state index in [4.69, 9.17) is 0 Å². The molecular formula is C11H10IN3O2. The number of nitrogens with zero attached hydrogens (tertiary/aromatic N) is 2. The maximum absolute atomic E-state index is 11.6. The third kappa shape index (κ3) is 2.31. The van der Waals surface area contributed by atoms with E-state index in [0.717, 1.165) is 17.5 Å². The van der Waals surface area contributed by atoms with Gasteiger partial charge in [0.1, 0.15) is 9.39 Å². The van der Waals surface area contributed by atoms with Gasteiger partial charge < -0.3 is 10.1 Å². The highest BCUT2D eigenvalue weighted by molar-refractivity contribution is 14.1. The Morgan fingerprint density at radius 3 is 2.94 bits per heavy atom. The smallest absolute Gasteiger partial charge is 0.268 e. The van der Waals surface area contributed by atoms with Crippen LogP contribution < -0.4 is 5.56 Å². The number of H-pyrrole nitrogens is 1. The number of pyridine rings is 1. The molecule has 2 aromatic heterocycles. The van der Waals surface area contributed by atoms with Crippen LogP contribution in [0.1, 0.15) is 12.5 Å². The highest BCUT2D eigenvalue weighted by Crippen LogP contribution is 2.21. The molecule has 0 atom stereocenters. The summed E-state index contributed by atoms with van der Waals surface area (Å²) in [6.07, 6.45) is 4.13. The molecule has 0 saturated heterocycles. The molecule has 0 aliphatic carbocycles. The van der Waals surface area contributed by atoms with Gasteiger partial charge in [0.15, 0.2) is 0 Å². The molecule has 6 heteroatoms. The van der Waals surface area contributed by atoms with Crippen LogP contribution in [0.15, 0.2) is 23.3 Å². The van der Waals surface area contributed by atoms with E-state index in [2.05, 4.69) is 15.0 Å². The second kappa shape index (κ2) is 4.82. The molecule has 17 heavy (non-hydrogen) atoms. The van der Waals surface area contributed by atoms with Crippen molar-refractivity contribution in [1.82, 2.24) is 15.0 Å². The van der Waals surface area contributed by atoms with Gasteiger partial charge in [-0.05, 0) is 40.6 Å². The average molecular weight is 343 g/mol. The monoisotopic (exact) mass is 343 g/mol. The fraction of sp³-hybridized carbons (Fsp3) is 0.182. The number of hydrogen-bond donors (Lipinski definition) is 2. The fourth-order valence-corrected chi connectivity index (χ4v) is 1.77. The predicted molar refractivity (Wildman–Crippen MR) is 71.8 cm³/mol. The summed E-state index contributed by atoms with van der Waals surface area (Å²) in [5.41, 5.74) is 1.41. The Morgan fingerprint density at radius 2 is 2.29 bits per heavy atom. The van der Waals surface area contributed by atoms with Gasteiger partial charge in [-0.1, -0.05) is 6.92 Å². The number of aromatic amines is 1. The van der Waals surface area contributed by atoms with E-state index in [9.17, 15) is 9.90 Å². The third-order valence-electron chi connectivity index (χ3n) is 2.38. The van der Waals surface area contributed by atoms with Crippen molar-refractivity contribution in [3.8, 4) is 17.3 Å². The van der Waals surface area contributed by atoms with Gasteiger partial charge in [-0.2, -0.15) is 4.98 Å². The molecule has 0 aliphatic rings. The molecule has 2 heterocycles. The van der Waals surface area contributed by atoms with Crippen LogP contribution in [0.25, 0.3) is 11.4 Å². The molecule has 2 rings (SSSR count). The maximum Gasteiger partial charge on any atom is 0.268 e. The molecule has 0 fully saturated rings. The van der Waals surface area contributed by atoms with E-state index < -0.39 is 0 Å². The number of aromatic nitrogens is 3. The molecule has 0 amide bonds. The average Bonchev–Trinajstić information content (AvgIpc) is 2.35. The lowest BCUT2D eigenvalue weighted by molar-refractivity contribution is 0.447. The minimum atomic E-state index is -0.341. The molecule has 0 radical (unpaired) electrons. The van der Waals surface area contributed by atoms with Gasteiger partial charge in [0.05, 0.1) is 0 Å². The SMILES string of the molecule is CCc1cnccc1-c1nc(O)c(I)c(=O)[nH]1. The summed E-state index contributed by atoms with van der Waals surface area (Å²) in [6.45, 7) is 1.99. The number of aryl methyl sites for hydroxylation is 1. The lowest BCUT2D eigenvalue weighted by atomic mass is 10.1. The van der Waals surface area contributed by atoms with Crippen molar-refractivity contribution >= 4 is 22.6 Å². The van der Waals surface area contributed by atoms with Gasteiger partial charge in [0, 0.05) is 18.0 Å². The quantitative estimate of drug-likeness (QED) is 0.814. The molecule has 2 N–H and O–H groups in total. The summed E-state index contributed by atoms with van der Waals surface area (Å²) in [4.78, 5) is 22.2. The molecule has 0 aliphatic heterocycles. The Bertz CT molecular complexity index is 610. The highest BCUT2D eigenvalue weighted by Gasteiger charge is 2.11. The first-order valence-electron chi connectivity index (χ1n) is 5.05. The third-order valence-corrected chi connectivity index (χ3v) is 3.36. The zero-order chi connectivity index (χ0) is 12.4. The molecule has 5 nitrogen and oxygen atoms in total. The van der Waals surface area contributed by atoms with E-state index >= 15 is 0 Å². The summed E-state index contributed by atoms with van der Waals surface area (Å²) >= 11 is 1.75. The van der Waals surface area contributed by atoms with Crippen LogP contribution in [-0.2, 0) is 6.42 Å². The van der Waals surface area contributed by atoms with Crippen molar-refractivity contribution < 1.29 is 5.11 Å². The van der Waals surface area contributed by atoms with E-state index in [1.165, 1.54) is 0 Å². The van der Waals surface area contributed by atoms with Crippen LogP contribution in [0.4, 0.5) is 0 Å². The molecule has 0 bridgehead atoms. The van der Waals surface area contributed by atoms with Gasteiger partial charge in [0.25, 0.3) is 5.56 Å². The highest BCUT2D eigenvalue weighted by atomic mass is 127. The van der Waals surface area contributed by atoms with Crippen molar-refractivity contribution in [3.63, 3.8) is 0 Å². The van der Waals surface area contributed by atoms with Crippen LogP contribution in [-0.4, -0.2) is 20.1 Å². The Balaban J connectivity index is 2.65. The molecule has 0 unspecified atom stereocenters. The zero-order valence-corrected chi connectivity index (χ0v) is 11.2. The Hall–Kier alpha value is -1.44. The molecule has 88 valence electrons. The van der Waals surface area contributed by atoms with E-state index in [1.54, 1.807) is 41.1 Å². The van der Waals surface area contributed by atoms with Crippen LogP contribution in [0.5, 0.6) is 5.88 Å². The van der Waals surface area contributed by atoms with Gasteiger partial charge in [-0.25, -0.2) is 0 Å². The van der Waals surface area contributed by atoms with E-state index in [1.807, 2.05) is 6.92 Å². The summed E-state index contributed by atoms with van der Waals surface area (Å²) in [5.74, 6) is 0.121. The topological polar surface area (TPSA) is 78.9 Å². The first-order valence-corrected chi connectivity index (χ1v) is 6.13. The second-order valence-electron chi connectivity index (χ2n) is 3.44. The zero-order valence-electron chi connectivity index (χ0n) is 9.07. The summed E-state index contributed by atoms with van der Waals surface area (Å²) in [7, 11) is 0. The van der Waals surface area contributed by atoms with Crippen molar-refractivity contribution in [1.29, 1.82) is 0 Å². The number of hydrogen-bond acceptors (Lipinski definition) is 4. The Morgan fingerprint density at radius 1 is 1.53 bits per heavy atom. The van der Waals surface area contributed by atoms with Gasteiger partial charge in [-0.15, -0.1) is 0 Å². The largest absolute Gasteiger partial charge is 0.492 e. The predicted octanol–water partition coefficient (Wildman–Crippen LogP) is 1.70. The van der Waals surface area contributed by atoms with Crippen molar-refractivity contribution in [2.45, 2.75) is 13.3 Å². The van der Waals surface area contributed by atoms with Crippen LogP contribution in [0.2, 0.25) is 0 Å². The number of halogens is 1. The van der Waals surface area contributed by atoms with Crippen molar-refractivity contribution in [2.24, 2.45) is 0 Å². The lowest BCUT2D eigenvalue weighted by Crippen LogP contribution is -2.12. The normalized spacial score (nSPS) is 10.5. The van der Waals surface area contributed by atoms with E-state index in [-0.39, 0.29) is 15.0 Å². The summed E-state index contributed by atoms with van der Waals surface area (Å²) in [6, 6.07) is 1.77. The van der Waals surface area contributed by atoms with Crippen LogP contribution in [0.3, 0.4) is 0 Å². The van der Waals surface area contributed by atoms with Crippen molar-refractivity contribution in [2.75, 3.05) is 0 Å². The fourth-order valence-electron chi connectivity index (χ4n) is 1.51. The minimum absolute atomic E-state index is 0.193. The second-order valence-corrected chi connectivity index (χ2v) is 4.52. The first-order chi connectivity index (χ1) is 8.13. The first kappa shape index (κ1) is 12.0. The van der Waals surface area contributed by atoms with Gasteiger partial charge in [-0.3, -0.25) is 9.78 Å². The van der Waals surface area contributed by atoms with Gasteiger partial charge >= 0.3 is 0 Å². The van der Waals surface area contributed by atoms with Crippen LogP contribution in [0, 0.1) is 3.57 Å². The van der Waals surface area contributed by atoms with E-state index in [0.29, 0.717) is 5.82 Å². The number of nitrogens with one attached hydrogen (secondary N) is 1. The van der Waals surface area contributed by atoms with Gasteiger partial charge in [0.2, 0.25) is 5.88 Å². The lowest BCUT2D eigenvalue weighted by Gasteiger charge is -2.06. The molecular weight excluding hydrogens is 333 g/mol. The Kier molecular flexibility index (Phi) is 3.41.